The van der Waals surface area contributed by atoms with E-state index in [4.69, 9.17) is 0 Å². The molecular weight excluding hydrogens is 278 g/mol. The number of fused-ring (bicyclic) bond motifs is 2. The summed E-state index contributed by atoms with van der Waals surface area (Å²) in [5.41, 5.74) is 0.183. The van der Waals surface area contributed by atoms with Gasteiger partial charge < -0.3 is 5.32 Å². The van der Waals surface area contributed by atoms with Crippen LogP contribution in [0.25, 0.3) is 0 Å². The molecule has 5 nitrogen and oxygen atoms in total. The van der Waals surface area contributed by atoms with E-state index in [0.29, 0.717) is 18.2 Å². The second-order valence-corrected chi connectivity index (χ2v) is 6.88. The van der Waals surface area contributed by atoms with Gasteiger partial charge in [-0.3, -0.25) is 9.59 Å². The first-order valence-corrected chi connectivity index (χ1v) is 8.47. The third-order valence-electron chi connectivity index (χ3n) is 5.33. The van der Waals surface area contributed by atoms with Crippen LogP contribution < -0.4 is 10.9 Å². The number of carbonyl (C=O) groups excluding carboxylic acids is 1. The van der Waals surface area contributed by atoms with E-state index in [-0.39, 0.29) is 17.5 Å². The number of carbonyl (C=O) groups is 1. The van der Waals surface area contributed by atoms with E-state index in [0.717, 1.165) is 18.3 Å². The summed E-state index contributed by atoms with van der Waals surface area (Å²) in [5.74, 6) is 2.09. The van der Waals surface area contributed by atoms with Gasteiger partial charge >= 0.3 is 0 Å². The predicted octanol–water partition coefficient (Wildman–Crippen LogP) is 2.21. The first-order valence-electron chi connectivity index (χ1n) is 8.47. The van der Waals surface area contributed by atoms with E-state index in [1.54, 1.807) is 0 Å². The maximum Gasteiger partial charge on any atom is 0.271 e. The van der Waals surface area contributed by atoms with Crippen LogP contribution >= 0.6 is 0 Å². The zero-order valence-corrected chi connectivity index (χ0v) is 13.4. The Kier molecular flexibility index (Phi) is 4.32. The van der Waals surface area contributed by atoms with Crippen LogP contribution in [-0.2, 0) is 6.54 Å². The number of rotatable bonds is 5. The van der Waals surface area contributed by atoms with Gasteiger partial charge in [-0.15, -0.1) is 0 Å². The number of aromatic nitrogens is 2. The average molecular weight is 303 g/mol. The van der Waals surface area contributed by atoms with Crippen LogP contribution in [0.2, 0.25) is 0 Å². The molecule has 4 atom stereocenters. The Balaban J connectivity index is 1.66. The van der Waals surface area contributed by atoms with Gasteiger partial charge in [-0.05, 0) is 56.4 Å². The van der Waals surface area contributed by atoms with Crippen molar-refractivity contribution in [1.29, 1.82) is 0 Å². The summed E-state index contributed by atoms with van der Waals surface area (Å²) >= 11 is 0. The van der Waals surface area contributed by atoms with Crippen LogP contribution in [0, 0.1) is 17.8 Å². The normalized spacial score (nSPS) is 27.8. The molecule has 0 spiro atoms. The van der Waals surface area contributed by atoms with Crippen molar-refractivity contribution in [3.8, 4) is 0 Å². The highest BCUT2D eigenvalue weighted by molar-refractivity contribution is 5.92. The lowest BCUT2D eigenvalue weighted by molar-refractivity contribution is 0.0907. The molecule has 5 heteroatoms. The van der Waals surface area contributed by atoms with Crippen molar-refractivity contribution >= 4 is 5.91 Å². The lowest BCUT2D eigenvalue weighted by Crippen LogP contribution is -2.41. The summed E-state index contributed by atoms with van der Waals surface area (Å²) < 4.78 is 1.37. The predicted molar refractivity (Wildman–Crippen MR) is 84.7 cm³/mol. The van der Waals surface area contributed by atoms with E-state index in [1.807, 2.05) is 6.92 Å². The first kappa shape index (κ1) is 15.3. The minimum atomic E-state index is -0.167. The Labute approximate surface area is 131 Å². The van der Waals surface area contributed by atoms with Crippen molar-refractivity contribution in [3.63, 3.8) is 0 Å². The lowest BCUT2D eigenvalue weighted by atomic mass is 9.84. The number of nitrogens with zero attached hydrogens (tertiary/aromatic N) is 2. The van der Waals surface area contributed by atoms with Gasteiger partial charge in [0.1, 0.15) is 5.69 Å². The standard InChI is InChI=1S/C17H25N3O2/c1-3-8-20-16(21)7-6-15(19-20)17(22)18-11(2)14-10-12-4-5-13(14)9-12/h6-7,11-14H,3-5,8-10H2,1-2H3,(H,18,22)/t11-,12-,13-,14+/m1/s1. The molecule has 1 amide bonds. The summed E-state index contributed by atoms with van der Waals surface area (Å²) in [4.78, 5) is 24.1. The summed E-state index contributed by atoms with van der Waals surface area (Å²) in [6.45, 7) is 4.63. The first-order chi connectivity index (χ1) is 10.6. The van der Waals surface area contributed by atoms with Crippen LogP contribution in [-0.4, -0.2) is 21.7 Å². The van der Waals surface area contributed by atoms with Gasteiger partial charge in [0.05, 0.1) is 0 Å². The summed E-state index contributed by atoms with van der Waals surface area (Å²) in [6, 6.07) is 3.13. The molecule has 0 saturated heterocycles. The Morgan fingerprint density at radius 3 is 2.86 bits per heavy atom. The number of hydrogen-bond acceptors (Lipinski definition) is 3. The zero-order chi connectivity index (χ0) is 15.7. The van der Waals surface area contributed by atoms with Crippen LogP contribution in [0.1, 0.15) is 56.4 Å². The lowest BCUT2D eigenvalue weighted by Gasteiger charge is -2.28. The third kappa shape index (κ3) is 2.94. The van der Waals surface area contributed by atoms with Gasteiger partial charge in [-0.1, -0.05) is 13.3 Å². The topological polar surface area (TPSA) is 64.0 Å². The third-order valence-corrected chi connectivity index (χ3v) is 5.33. The quantitative estimate of drug-likeness (QED) is 0.907. The summed E-state index contributed by atoms with van der Waals surface area (Å²) in [7, 11) is 0. The van der Waals surface area contributed by atoms with Crippen LogP contribution in [0.5, 0.6) is 0 Å². The maximum atomic E-state index is 12.4. The van der Waals surface area contributed by atoms with E-state index in [9.17, 15) is 9.59 Å². The molecule has 2 aliphatic rings. The van der Waals surface area contributed by atoms with E-state index in [1.165, 1.54) is 42.5 Å². The largest absolute Gasteiger partial charge is 0.348 e. The van der Waals surface area contributed by atoms with E-state index in [2.05, 4.69) is 17.3 Å². The smallest absolute Gasteiger partial charge is 0.271 e. The van der Waals surface area contributed by atoms with Crippen molar-refractivity contribution in [2.24, 2.45) is 17.8 Å². The molecule has 1 aromatic heterocycles. The Bertz CT molecular complexity index is 610. The van der Waals surface area contributed by atoms with Crippen LogP contribution in [0.15, 0.2) is 16.9 Å². The molecule has 0 aliphatic heterocycles. The molecule has 2 aliphatic carbocycles. The number of hydrogen-bond donors (Lipinski definition) is 1. The van der Waals surface area contributed by atoms with Crippen LogP contribution in [0.3, 0.4) is 0 Å². The second-order valence-electron chi connectivity index (χ2n) is 6.88. The van der Waals surface area contributed by atoms with E-state index >= 15 is 0 Å². The van der Waals surface area contributed by atoms with Gasteiger partial charge in [0.15, 0.2) is 0 Å². The highest BCUT2D eigenvalue weighted by Crippen LogP contribution is 2.49. The summed E-state index contributed by atoms with van der Waals surface area (Å²) in [6.07, 6.45) is 6.08. The maximum absolute atomic E-state index is 12.4. The van der Waals surface area contributed by atoms with Gasteiger partial charge in [-0.25, -0.2) is 4.68 Å². The van der Waals surface area contributed by atoms with Crippen molar-refractivity contribution in [2.45, 2.75) is 58.5 Å². The van der Waals surface area contributed by atoms with Crippen molar-refractivity contribution < 1.29 is 4.79 Å². The minimum Gasteiger partial charge on any atom is -0.348 e. The van der Waals surface area contributed by atoms with Gasteiger partial charge in [0, 0.05) is 18.7 Å². The number of nitrogens with one attached hydrogen (secondary N) is 1. The highest BCUT2D eigenvalue weighted by atomic mass is 16.2. The Morgan fingerprint density at radius 2 is 2.23 bits per heavy atom. The molecule has 1 aromatic rings. The van der Waals surface area contributed by atoms with Crippen molar-refractivity contribution in [2.75, 3.05) is 0 Å². The molecule has 0 radical (unpaired) electrons. The van der Waals surface area contributed by atoms with E-state index < -0.39 is 0 Å². The fourth-order valence-corrected chi connectivity index (χ4v) is 4.24. The highest BCUT2D eigenvalue weighted by Gasteiger charge is 2.42. The van der Waals surface area contributed by atoms with Gasteiger partial charge in [0.2, 0.25) is 0 Å². The fraction of sp³-hybridized carbons (Fsp3) is 0.706. The number of aryl methyl sites for hydroxylation is 1. The molecule has 3 rings (SSSR count). The molecule has 1 heterocycles. The SMILES string of the molecule is CCCn1nc(C(=O)N[C@H](C)[C@@H]2C[C@@H]3CC[C@@H]2C3)ccc1=O. The Morgan fingerprint density at radius 1 is 1.41 bits per heavy atom. The van der Waals surface area contributed by atoms with Crippen molar-refractivity contribution in [1.82, 2.24) is 15.1 Å². The van der Waals surface area contributed by atoms with Crippen molar-refractivity contribution in [3.05, 3.63) is 28.2 Å². The van der Waals surface area contributed by atoms with Gasteiger partial charge in [0.25, 0.3) is 11.5 Å². The molecule has 22 heavy (non-hydrogen) atoms. The molecular formula is C17H25N3O2. The minimum absolute atomic E-state index is 0.153. The zero-order valence-electron chi connectivity index (χ0n) is 13.4. The van der Waals surface area contributed by atoms with Crippen LogP contribution in [0.4, 0.5) is 0 Å². The molecule has 120 valence electrons. The molecule has 2 fully saturated rings. The number of amides is 1. The average Bonchev–Trinajstić information content (AvgIpc) is 3.12. The van der Waals surface area contributed by atoms with Gasteiger partial charge in [-0.2, -0.15) is 5.10 Å². The molecule has 0 aromatic carbocycles. The molecule has 1 N–H and O–H groups in total. The fourth-order valence-electron chi connectivity index (χ4n) is 4.24. The second kappa shape index (κ2) is 6.23. The molecule has 2 bridgehead atoms. The Hall–Kier alpha value is -1.65. The summed E-state index contributed by atoms with van der Waals surface area (Å²) in [5, 5.41) is 7.28. The monoisotopic (exact) mass is 303 g/mol. The molecule has 2 saturated carbocycles. The molecule has 0 unspecified atom stereocenters.